The fourth-order valence-electron chi connectivity index (χ4n) is 4.41. The van der Waals surface area contributed by atoms with E-state index in [1.807, 2.05) is 30.3 Å². The van der Waals surface area contributed by atoms with Crippen LogP contribution in [0.2, 0.25) is 0 Å². The SMILES string of the molecule is CC(=O)N[C@H]1[C@H](OCCOCCOCCOCc2ccccc2)O[C@@H](COC(C)=O)[C@H](CC(=O)O)[C@H]1CC(=O)O. The number of hydrogen-bond acceptors (Lipinski definition) is 10. The molecule has 1 saturated heterocycles. The third-order valence-corrected chi connectivity index (χ3v) is 6.10. The summed E-state index contributed by atoms with van der Waals surface area (Å²) in [6, 6.07) is 8.84. The Morgan fingerprint density at radius 3 is 1.98 bits per heavy atom. The third kappa shape index (κ3) is 12.8. The van der Waals surface area contributed by atoms with Crippen molar-refractivity contribution in [1.82, 2.24) is 5.32 Å². The molecule has 0 spiro atoms. The molecule has 1 amide bonds. The Kier molecular flexibility index (Phi) is 15.1. The van der Waals surface area contributed by atoms with Gasteiger partial charge in [0.25, 0.3) is 0 Å². The molecule has 2 rings (SSSR count). The molecular weight excluding hydrogens is 530 g/mol. The molecule has 1 aliphatic rings. The lowest BCUT2D eigenvalue weighted by molar-refractivity contribution is -0.252. The molecule has 40 heavy (non-hydrogen) atoms. The van der Waals surface area contributed by atoms with Gasteiger partial charge in [-0.2, -0.15) is 0 Å². The molecule has 1 fully saturated rings. The topological polar surface area (TPSA) is 176 Å². The summed E-state index contributed by atoms with van der Waals surface area (Å²) >= 11 is 0. The van der Waals surface area contributed by atoms with Crippen LogP contribution in [0.1, 0.15) is 32.3 Å². The summed E-state index contributed by atoms with van der Waals surface area (Å²) in [5.74, 6) is -5.17. The molecule has 1 aliphatic heterocycles. The van der Waals surface area contributed by atoms with Crippen LogP contribution < -0.4 is 5.32 Å². The van der Waals surface area contributed by atoms with Gasteiger partial charge in [-0.3, -0.25) is 19.2 Å². The number of benzene rings is 1. The van der Waals surface area contributed by atoms with Gasteiger partial charge >= 0.3 is 17.9 Å². The van der Waals surface area contributed by atoms with Crippen LogP contribution in [0.5, 0.6) is 0 Å². The van der Waals surface area contributed by atoms with Crippen molar-refractivity contribution < 1.29 is 57.8 Å². The molecule has 1 aromatic carbocycles. The van der Waals surface area contributed by atoms with Crippen LogP contribution >= 0.6 is 0 Å². The van der Waals surface area contributed by atoms with E-state index in [0.29, 0.717) is 33.0 Å². The van der Waals surface area contributed by atoms with E-state index in [-0.39, 0.29) is 19.8 Å². The van der Waals surface area contributed by atoms with Crippen LogP contribution in [0.15, 0.2) is 30.3 Å². The van der Waals surface area contributed by atoms with Crippen molar-refractivity contribution in [3.05, 3.63) is 35.9 Å². The Morgan fingerprint density at radius 2 is 1.40 bits per heavy atom. The number of carbonyl (C=O) groups excluding carboxylic acids is 2. The van der Waals surface area contributed by atoms with E-state index >= 15 is 0 Å². The summed E-state index contributed by atoms with van der Waals surface area (Å²) in [7, 11) is 0. The Morgan fingerprint density at radius 1 is 0.825 bits per heavy atom. The van der Waals surface area contributed by atoms with E-state index in [2.05, 4.69) is 5.32 Å². The van der Waals surface area contributed by atoms with Crippen LogP contribution in [-0.4, -0.2) is 98.7 Å². The first-order valence-corrected chi connectivity index (χ1v) is 13.1. The number of amides is 1. The molecule has 224 valence electrons. The van der Waals surface area contributed by atoms with E-state index in [4.69, 9.17) is 28.4 Å². The first-order valence-electron chi connectivity index (χ1n) is 13.1. The lowest BCUT2D eigenvalue weighted by Gasteiger charge is -2.46. The molecule has 5 atom stereocenters. The van der Waals surface area contributed by atoms with Crippen molar-refractivity contribution in [2.24, 2.45) is 11.8 Å². The number of hydrogen-bond donors (Lipinski definition) is 3. The molecule has 3 N–H and O–H groups in total. The maximum absolute atomic E-state index is 11.9. The average molecular weight is 570 g/mol. The van der Waals surface area contributed by atoms with Crippen LogP contribution in [0.4, 0.5) is 0 Å². The number of ether oxygens (including phenoxy) is 6. The normalized spacial score (nSPS) is 22.4. The number of esters is 1. The maximum Gasteiger partial charge on any atom is 0.303 e. The molecular formula is C27H39NO12. The second-order valence-electron chi connectivity index (χ2n) is 9.23. The number of carboxylic acids is 2. The van der Waals surface area contributed by atoms with Crippen LogP contribution in [0.3, 0.4) is 0 Å². The van der Waals surface area contributed by atoms with Crippen molar-refractivity contribution in [3.63, 3.8) is 0 Å². The summed E-state index contributed by atoms with van der Waals surface area (Å²) in [6.07, 6.45) is -2.99. The molecule has 1 aromatic rings. The predicted molar refractivity (Wildman–Crippen MR) is 138 cm³/mol. The molecule has 0 radical (unpaired) electrons. The van der Waals surface area contributed by atoms with E-state index in [0.717, 1.165) is 5.56 Å². The van der Waals surface area contributed by atoms with E-state index in [1.54, 1.807) is 0 Å². The van der Waals surface area contributed by atoms with Gasteiger partial charge in [0.05, 0.1) is 71.2 Å². The van der Waals surface area contributed by atoms with Crippen molar-refractivity contribution in [1.29, 1.82) is 0 Å². The van der Waals surface area contributed by atoms with Crippen LogP contribution in [0.25, 0.3) is 0 Å². The Bertz CT molecular complexity index is 927. The largest absolute Gasteiger partial charge is 0.481 e. The van der Waals surface area contributed by atoms with Gasteiger partial charge in [-0.05, 0) is 5.56 Å². The van der Waals surface area contributed by atoms with Gasteiger partial charge in [-0.25, -0.2) is 0 Å². The lowest BCUT2D eigenvalue weighted by atomic mass is 9.75. The molecule has 0 aliphatic carbocycles. The molecule has 13 nitrogen and oxygen atoms in total. The van der Waals surface area contributed by atoms with Gasteiger partial charge in [0.2, 0.25) is 5.91 Å². The predicted octanol–water partition coefficient (Wildman–Crippen LogP) is 1.23. The standard InChI is InChI=1S/C27H39NO12/c1-18(29)28-26-22(15-25(33)34)21(14-24(31)32)23(17-39-19(2)30)40-27(26)38-13-12-36-9-8-35-10-11-37-16-20-6-4-3-5-7-20/h3-7,21-23,26-27H,8-17H2,1-2H3,(H,28,29)(H,31,32)(H,33,34)/t21-,22-,23+,26-,27-/m1/s1. The van der Waals surface area contributed by atoms with Crippen LogP contribution in [-0.2, 0) is 54.2 Å². The Hall–Kier alpha value is -3.10. The molecule has 0 aromatic heterocycles. The summed E-state index contributed by atoms with van der Waals surface area (Å²) in [5, 5.41) is 21.6. The lowest BCUT2D eigenvalue weighted by Crippen LogP contribution is -2.60. The third-order valence-electron chi connectivity index (χ3n) is 6.10. The zero-order valence-corrected chi connectivity index (χ0v) is 22.8. The van der Waals surface area contributed by atoms with Crippen molar-refractivity contribution >= 4 is 23.8 Å². The van der Waals surface area contributed by atoms with Crippen molar-refractivity contribution in [2.45, 2.75) is 51.7 Å². The second kappa shape index (κ2) is 18.3. The van der Waals surface area contributed by atoms with Crippen LogP contribution in [0, 0.1) is 11.8 Å². The molecule has 0 bridgehead atoms. The molecule has 0 saturated carbocycles. The maximum atomic E-state index is 11.9. The summed E-state index contributed by atoms with van der Waals surface area (Å²) in [5.41, 5.74) is 1.08. The smallest absolute Gasteiger partial charge is 0.303 e. The average Bonchev–Trinajstić information content (AvgIpc) is 2.89. The van der Waals surface area contributed by atoms with Gasteiger partial charge in [-0.1, -0.05) is 30.3 Å². The summed E-state index contributed by atoms with van der Waals surface area (Å²) in [6.45, 7) is 4.32. The number of nitrogens with one attached hydrogen (secondary N) is 1. The Balaban J connectivity index is 1.84. The number of rotatable bonds is 19. The van der Waals surface area contributed by atoms with Gasteiger partial charge < -0.3 is 44.0 Å². The van der Waals surface area contributed by atoms with Gasteiger partial charge in [0.1, 0.15) is 6.61 Å². The summed E-state index contributed by atoms with van der Waals surface area (Å²) in [4.78, 5) is 46.5. The van der Waals surface area contributed by atoms with Gasteiger partial charge in [-0.15, -0.1) is 0 Å². The molecule has 13 heteroatoms. The zero-order chi connectivity index (χ0) is 29.3. The van der Waals surface area contributed by atoms with E-state index in [1.165, 1.54) is 13.8 Å². The minimum Gasteiger partial charge on any atom is -0.481 e. The zero-order valence-electron chi connectivity index (χ0n) is 22.8. The van der Waals surface area contributed by atoms with Gasteiger partial charge in [0, 0.05) is 25.7 Å². The second-order valence-corrected chi connectivity index (χ2v) is 9.23. The van der Waals surface area contributed by atoms with Gasteiger partial charge in [0.15, 0.2) is 6.29 Å². The summed E-state index contributed by atoms with van der Waals surface area (Å²) < 4.78 is 33.3. The minimum absolute atomic E-state index is 0.0324. The highest BCUT2D eigenvalue weighted by molar-refractivity contribution is 5.74. The monoisotopic (exact) mass is 569 g/mol. The highest BCUT2D eigenvalue weighted by atomic mass is 16.7. The number of carbonyl (C=O) groups is 4. The highest BCUT2D eigenvalue weighted by Crippen LogP contribution is 2.36. The quantitative estimate of drug-likeness (QED) is 0.161. The fourth-order valence-corrected chi connectivity index (χ4v) is 4.41. The Labute approximate surface area is 233 Å². The van der Waals surface area contributed by atoms with Crippen molar-refractivity contribution in [2.75, 3.05) is 46.2 Å². The van der Waals surface area contributed by atoms with E-state index < -0.39 is 66.9 Å². The molecule has 0 unspecified atom stereocenters. The highest BCUT2D eigenvalue weighted by Gasteiger charge is 2.48. The van der Waals surface area contributed by atoms with E-state index in [9.17, 15) is 29.4 Å². The molecule has 1 heterocycles. The number of carboxylic acid groups (broad SMARTS) is 2. The van der Waals surface area contributed by atoms with Crippen molar-refractivity contribution in [3.8, 4) is 0 Å². The number of aliphatic carboxylic acids is 2. The first-order chi connectivity index (χ1) is 19.2. The fraction of sp³-hybridized carbons (Fsp3) is 0.630. The first kappa shape index (κ1) is 33.1. The minimum atomic E-state index is -1.18.